The third kappa shape index (κ3) is 2.80. The van der Waals surface area contributed by atoms with Crippen LogP contribution < -0.4 is 0 Å². The summed E-state index contributed by atoms with van der Waals surface area (Å²) in [5, 5.41) is 8.68. The topological polar surface area (TPSA) is 42.2 Å². The molecule has 1 aromatic heterocycles. The molecule has 1 N–H and O–H groups in total. The van der Waals surface area contributed by atoms with Crippen LogP contribution in [0.4, 0.5) is 0 Å². The van der Waals surface area contributed by atoms with Gasteiger partial charge in [0.05, 0.1) is 0 Å². The van der Waals surface area contributed by atoms with Crippen molar-refractivity contribution in [2.24, 2.45) is 5.92 Å². The number of carbonyl (C=O) groups is 1. The molecule has 4 heteroatoms. The van der Waals surface area contributed by atoms with Crippen molar-refractivity contribution in [3.63, 3.8) is 0 Å². The zero-order valence-electron chi connectivity index (χ0n) is 9.77. The first-order chi connectivity index (χ1) is 8.08. The van der Waals surface area contributed by atoms with Crippen LogP contribution >= 0.6 is 15.9 Å². The molecule has 92 valence electrons. The van der Waals surface area contributed by atoms with Gasteiger partial charge in [0, 0.05) is 28.5 Å². The number of aliphatic carboxylic acids is 1. The highest BCUT2D eigenvalue weighted by Crippen LogP contribution is 2.37. The SMILES string of the molecule is C[C@H]1CCC[C@H]1n1cc(Br)cc1C=CC(=O)O. The fraction of sp³-hybridized carbons (Fsp3) is 0.462. The monoisotopic (exact) mass is 297 g/mol. The fourth-order valence-corrected chi connectivity index (χ4v) is 3.03. The van der Waals surface area contributed by atoms with Gasteiger partial charge in [-0.2, -0.15) is 0 Å². The third-order valence-electron chi connectivity index (χ3n) is 3.42. The normalized spacial score (nSPS) is 24.6. The molecule has 3 nitrogen and oxygen atoms in total. The Balaban J connectivity index is 2.30. The van der Waals surface area contributed by atoms with Crippen LogP contribution in [0.25, 0.3) is 6.08 Å². The lowest BCUT2D eigenvalue weighted by molar-refractivity contribution is -0.131. The molecule has 2 atom stereocenters. The highest BCUT2D eigenvalue weighted by Gasteiger charge is 2.25. The van der Waals surface area contributed by atoms with E-state index in [0.29, 0.717) is 12.0 Å². The maximum absolute atomic E-state index is 10.6. The number of hydrogen-bond acceptors (Lipinski definition) is 1. The van der Waals surface area contributed by atoms with Gasteiger partial charge in [0.1, 0.15) is 0 Å². The van der Waals surface area contributed by atoms with Crippen LogP contribution in [0.2, 0.25) is 0 Å². The minimum atomic E-state index is -0.909. The van der Waals surface area contributed by atoms with Gasteiger partial charge in [0.2, 0.25) is 0 Å². The van der Waals surface area contributed by atoms with E-state index in [1.807, 2.05) is 12.3 Å². The average molecular weight is 298 g/mol. The molecule has 0 unspecified atom stereocenters. The minimum Gasteiger partial charge on any atom is -0.478 e. The number of rotatable bonds is 3. The van der Waals surface area contributed by atoms with Crippen molar-refractivity contribution in [3.05, 3.63) is 28.5 Å². The second kappa shape index (κ2) is 5.08. The van der Waals surface area contributed by atoms with Gasteiger partial charge in [-0.15, -0.1) is 0 Å². The number of carboxylic acid groups (broad SMARTS) is 1. The van der Waals surface area contributed by atoms with E-state index in [-0.39, 0.29) is 0 Å². The summed E-state index contributed by atoms with van der Waals surface area (Å²) in [5.41, 5.74) is 0.957. The zero-order chi connectivity index (χ0) is 12.4. The molecule has 1 fully saturated rings. The highest BCUT2D eigenvalue weighted by atomic mass is 79.9. The van der Waals surface area contributed by atoms with Crippen LogP contribution in [0.5, 0.6) is 0 Å². The molecule has 1 aliphatic rings. The van der Waals surface area contributed by atoms with Crippen molar-refractivity contribution >= 4 is 28.0 Å². The molecule has 0 amide bonds. The Morgan fingerprint density at radius 2 is 2.35 bits per heavy atom. The second-order valence-electron chi connectivity index (χ2n) is 4.64. The summed E-state index contributed by atoms with van der Waals surface area (Å²) in [6.07, 6.45) is 8.59. The Kier molecular flexibility index (Phi) is 3.72. The molecule has 0 aromatic carbocycles. The fourth-order valence-electron chi connectivity index (χ4n) is 2.58. The van der Waals surface area contributed by atoms with Crippen LogP contribution in [0.15, 0.2) is 22.8 Å². The van der Waals surface area contributed by atoms with Crippen molar-refractivity contribution < 1.29 is 9.90 Å². The Morgan fingerprint density at radius 3 is 2.94 bits per heavy atom. The summed E-state index contributed by atoms with van der Waals surface area (Å²) in [5.74, 6) is -0.250. The second-order valence-corrected chi connectivity index (χ2v) is 5.55. The molecule has 2 rings (SSSR count). The first-order valence-corrected chi connectivity index (χ1v) is 6.65. The van der Waals surface area contributed by atoms with Gasteiger partial charge in [-0.25, -0.2) is 4.79 Å². The molecular formula is C13H16BrNO2. The highest BCUT2D eigenvalue weighted by molar-refractivity contribution is 9.10. The molecule has 1 aromatic rings. The van der Waals surface area contributed by atoms with Crippen molar-refractivity contribution in [2.75, 3.05) is 0 Å². The van der Waals surface area contributed by atoms with Gasteiger partial charge in [-0.05, 0) is 46.8 Å². The molecule has 0 radical (unpaired) electrons. The summed E-state index contributed by atoms with van der Waals surface area (Å²) < 4.78 is 3.20. The molecule has 0 aliphatic heterocycles. The summed E-state index contributed by atoms with van der Waals surface area (Å²) in [6.45, 7) is 2.26. The minimum absolute atomic E-state index is 0.495. The Morgan fingerprint density at radius 1 is 1.59 bits per heavy atom. The standard InChI is InChI=1S/C13H16BrNO2/c1-9-3-2-4-12(9)15-8-10(14)7-11(15)5-6-13(16)17/h5-9,12H,2-4H2,1H3,(H,16,17)/t9-,12+/m0/s1. The Bertz CT molecular complexity index is 450. The van der Waals surface area contributed by atoms with E-state index < -0.39 is 5.97 Å². The molecule has 1 aliphatic carbocycles. The van der Waals surface area contributed by atoms with Crippen LogP contribution in [0, 0.1) is 5.92 Å². The van der Waals surface area contributed by atoms with Crippen molar-refractivity contribution in [1.82, 2.24) is 4.57 Å². The van der Waals surface area contributed by atoms with E-state index in [1.165, 1.54) is 25.3 Å². The van der Waals surface area contributed by atoms with Gasteiger partial charge in [-0.3, -0.25) is 0 Å². The van der Waals surface area contributed by atoms with Crippen LogP contribution in [0.3, 0.4) is 0 Å². The van der Waals surface area contributed by atoms with Gasteiger partial charge in [0.15, 0.2) is 0 Å². The summed E-state index contributed by atoms with van der Waals surface area (Å²) >= 11 is 3.45. The number of halogens is 1. The van der Waals surface area contributed by atoms with Crippen LogP contribution in [-0.4, -0.2) is 15.6 Å². The van der Waals surface area contributed by atoms with E-state index in [9.17, 15) is 4.79 Å². The maximum atomic E-state index is 10.6. The summed E-state index contributed by atoms with van der Waals surface area (Å²) in [4.78, 5) is 10.6. The Labute approximate surface area is 109 Å². The summed E-state index contributed by atoms with van der Waals surface area (Å²) in [6, 6.07) is 2.46. The van der Waals surface area contributed by atoms with Crippen molar-refractivity contribution in [2.45, 2.75) is 32.2 Å². The van der Waals surface area contributed by atoms with E-state index >= 15 is 0 Å². The number of aromatic nitrogens is 1. The first-order valence-electron chi connectivity index (χ1n) is 5.86. The summed E-state index contributed by atoms with van der Waals surface area (Å²) in [7, 11) is 0. The zero-order valence-corrected chi connectivity index (χ0v) is 11.4. The molecule has 0 bridgehead atoms. The van der Waals surface area contributed by atoms with Crippen molar-refractivity contribution in [3.8, 4) is 0 Å². The van der Waals surface area contributed by atoms with E-state index in [0.717, 1.165) is 10.2 Å². The predicted molar refractivity (Wildman–Crippen MR) is 70.9 cm³/mol. The lowest BCUT2D eigenvalue weighted by Crippen LogP contribution is -2.11. The van der Waals surface area contributed by atoms with E-state index in [1.54, 1.807) is 6.08 Å². The number of carboxylic acids is 1. The lowest BCUT2D eigenvalue weighted by Gasteiger charge is -2.19. The van der Waals surface area contributed by atoms with E-state index in [2.05, 4.69) is 27.4 Å². The van der Waals surface area contributed by atoms with Crippen LogP contribution in [-0.2, 0) is 4.79 Å². The molecule has 1 heterocycles. The smallest absolute Gasteiger partial charge is 0.328 e. The van der Waals surface area contributed by atoms with E-state index in [4.69, 9.17) is 5.11 Å². The van der Waals surface area contributed by atoms with Gasteiger partial charge in [0.25, 0.3) is 0 Å². The number of nitrogens with zero attached hydrogens (tertiary/aromatic N) is 1. The largest absolute Gasteiger partial charge is 0.478 e. The quantitative estimate of drug-likeness (QED) is 0.864. The van der Waals surface area contributed by atoms with Crippen molar-refractivity contribution in [1.29, 1.82) is 0 Å². The average Bonchev–Trinajstić information content (AvgIpc) is 2.81. The lowest BCUT2D eigenvalue weighted by atomic mass is 10.1. The third-order valence-corrected chi connectivity index (χ3v) is 3.85. The molecule has 1 saturated carbocycles. The Hall–Kier alpha value is -1.03. The molecular weight excluding hydrogens is 282 g/mol. The van der Waals surface area contributed by atoms with Gasteiger partial charge >= 0.3 is 5.97 Å². The maximum Gasteiger partial charge on any atom is 0.328 e. The molecule has 0 saturated heterocycles. The van der Waals surface area contributed by atoms with Gasteiger partial charge in [-0.1, -0.05) is 13.3 Å². The van der Waals surface area contributed by atoms with Gasteiger partial charge < -0.3 is 9.67 Å². The molecule has 0 spiro atoms. The first kappa shape index (κ1) is 12.4. The predicted octanol–water partition coefficient (Wildman–Crippen LogP) is 3.71. The van der Waals surface area contributed by atoms with Crippen LogP contribution in [0.1, 0.15) is 37.9 Å². The number of hydrogen-bond donors (Lipinski definition) is 1. The molecule has 17 heavy (non-hydrogen) atoms.